The summed E-state index contributed by atoms with van der Waals surface area (Å²) in [5.41, 5.74) is 1.31. The molecule has 1 nitrogen and oxygen atoms in total. The Kier molecular flexibility index (Phi) is 11.2. The van der Waals surface area contributed by atoms with E-state index in [0.29, 0.717) is 3.29 Å². The van der Waals surface area contributed by atoms with Crippen LogP contribution < -0.4 is 0 Å². The minimum atomic E-state index is 0.501. The second-order valence-corrected chi connectivity index (χ2v) is 8.27. The van der Waals surface area contributed by atoms with E-state index in [4.69, 9.17) is 25.6 Å². The Labute approximate surface area is 149 Å². The number of hydrogen-bond acceptors (Lipinski definition) is 2. The van der Waals surface area contributed by atoms with E-state index in [9.17, 15) is 0 Å². The number of quaternary nitrogens is 1. The van der Waals surface area contributed by atoms with Gasteiger partial charge < -0.3 is 0 Å². The Balaban J connectivity index is 1.99. The van der Waals surface area contributed by atoms with Crippen LogP contribution in [0.15, 0.2) is 30.3 Å². The Bertz CT molecular complexity index is 365. The maximum absolute atomic E-state index is 4.69. The lowest BCUT2D eigenvalue weighted by molar-refractivity contribution is -0.656. The number of unbranched alkanes of at least 4 members (excludes halogenated alkanes) is 9. The predicted octanol–water partition coefficient (Wildman–Crippen LogP) is 6.61. The van der Waals surface area contributed by atoms with Crippen LogP contribution in [0.25, 0.3) is 0 Å². The van der Waals surface area contributed by atoms with Gasteiger partial charge in [-0.25, -0.2) is 3.29 Å². The first-order valence-electron chi connectivity index (χ1n) is 9.00. The normalized spacial score (nSPS) is 11.8. The first-order chi connectivity index (χ1) is 10.6. The van der Waals surface area contributed by atoms with Crippen LogP contribution in [0.3, 0.4) is 0 Å². The molecule has 0 saturated heterocycles. The Morgan fingerprint density at radius 2 is 1.23 bits per heavy atom. The van der Waals surface area contributed by atoms with Crippen molar-refractivity contribution in [2.24, 2.45) is 0 Å². The van der Waals surface area contributed by atoms with E-state index in [1.807, 2.05) is 0 Å². The predicted molar refractivity (Wildman–Crippen MR) is 105 cm³/mol. The van der Waals surface area contributed by atoms with E-state index in [0.717, 1.165) is 13.1 Å². The zero-order valence-corrected chi connectivity index (χ0v) is 16.0. The molecule has 0 aliphatic rings. The van der Waals surface area contributed by atoms with Crippen molar-refractivity contribution in [1.29, 1.82) is 0 Å². The quantitative estimate of drug-likeness (QED) is 0.225. The van der Waals surface area contributed by atoms with Gasteiger partial charge in [0.1, 0.15) is 13.1 Å². The molecule has 0 aromatic heterocycles. The fourth-order valence-electron chi connectivity index (χ4n) is 2.81. The van der Waals surface area contributed by atoms with Gasteiger partial charge in [0, 0.05) is 5.56 Å². The van der Waals surface area contributed by atoms with Gasteiger partial charge in [-0.2, -0.15) is 0 Å². The van der Waals surface area contributed by atoms with E-state index in [2.05, 4.69) is 37.3 Å². The summed E-state index contributed by atoms with van der Waals surface area (Å²) in [4.78, 5) is 0. The first-order valence-corrected chi connectivity index (χ1v) is 9.80. The smallest absolute Gasteiger partial charge is 0.125 e. The van der Waals surface area contributed by atoms with Gasteiger partial charge in [0.2, 0.25) is 0 Å². The molecule has 0 saturated carbocycles. The van der Waals surface area contributed by atoms with Crippen LogP contribution in [0.1, 0.15) is 76.7 Å². The van der Waals surface area contributed by atoms with Gasteiger partial charge >= 0.3 is 0 Å². The molecule has 0 atom stereocenters. The molecule has 1 aromatic carbocycles. The highest BCUT2D eigenvalue weighted by atomic mass is 32.2. The van der Waals surface area contributed by atoms with Crippen LogP contribution in [-0.2, 0) is 6.54 Å². The second-order valence-electron chi connectivity index (χ2n) is 6.43. The Hall–Kier alpha value is -0.120. The van der Waals surface area contributed by atoms with Crippen molar-refractivity contribution in [1.82, 2.24) is 0 Å². The fourth-order valence-corrected chi connectivity index (χ4v) is 3.42. The molecular formula is C19H34NS2+. The molecule has 0 N–H and O–H groups in total. The lowest BCUT2D eigenvalue weighted by Crippen LogP contribution is -2.27. The summed E-state index contributed by atoms with van der Waals surface area (Å²) >= 11 is 9.38. The molecular weight excluding hydrogens is 306 g/mol. The van der Waals surface area contributed by atoms with Crippen molar-refractivity contribution in [3.8, 4) is 0 Å². The molecule has 126 valence electrons. The second kappa shape index (κ2) is 12.3. The van der Waals surface area contributed by atoms with Crippen LogP contribution in [0, 0.1) is 0 Å². The van der Waals surface area contributed by atoms with Crippen molar-refractivity contribution in [3.63, 3.8) is 0 Å². The summed E-state index contributed by atoms with van der Waals surface area (Å²) in [5, 5.41) is 0. The van der Waals surface area contributed by atoms with Crippen molar-refractivity contribution in [3.05, 3.63) is 35.9 Å². The highest BCUT2D eigenvalue weighted by Gasteiger charge is 2.19. The fraction of sp³-hybridized carbons (Fsp3) is 0.684. The molecule has 0 aliphatic heterocycles. The molecule has 0 unspecified atom stereocenters. The standard InChI is InChI=1S/C19H34NS2/c1-2-3-4-5-6-7-8-9-10-14-17-20(21,22)18-19-15-12-11-13-16-19/h11-13,15-16,21-22H,2-10,14,17-18H2,1H3/q+1. The highest BCUT2D eigenvalue weighted by Crippen LogP contribution is 2.23. The molecule has 1 aromatic rings. The number of rotatable bonds is 13. The molecule has 0 radical (unpaired) electrons. The summed E-state index contributed by atoms with van der Waals surface area (Å²) in [5.74, 6) is 0. The van der Waals surface area contributed by atoms with Crippen LogP contribution in [-0.4, -0.2) is 9.84 Å². The van der Waals surface area contributed by atoms with Crippen molar-refractivity contribution in [2.45, 2.75) is 77.7 Å². The molecule has 0 bridgehead atoms. The number of thiol groups is 2. The van der Waals surface area contributed by atoms with Gasteiger partial charge in [-0.1, -0.05) is 88.6 Å². The molecule has 3 heteroatoms. The number of hydrogen-bond donors (Lipinski definition) is 2. The van der Waals surface area contributed by atoms with Gasteiger partial charge in [0.15, 0.2) is 0 Å². The minimum absolute atomic E-state index is 0.501. The molecule has 0 fully saturated rings. The van der Waals surface area contributed by atoms with Gasteiger partial charge in [0.05, 0.1) is 25.6 Å². The lowest BCUT2D eigenvalue weighted by atomic mass is 10.1. The zero-order valence-electron chi connectivity index (χ0n) is 14.2. The topological polar surface area (TPSA) is 0 Å². The van der Waals surface area contributed by atoms with Gasteiger partial charge in [-0.3, -0.25) is 0 Å². The van der Waals surface area contributed by atoms with Crippen LogP contribution in [0.2, 0.25) is 0 Å². The summed E-state index contributed by atoms with van der Waals surface area (Å²) in [6.45, 7) is 4.18. The van der Waals surface area contributed by atoms with E-state index in [-0.39, 0.29) is 0 Å². The molecule has 1 rings (SSSR count). The lowest BCUT2D eigenvalue weighted by Gasteiger charge is -2.24. The highest BCUT2D eigenvalue weighted by molar-refractivity contribution is 7.87. The number of benzene rings is 1. The molecule has 0 aliphatic carbocycles. The Morgan fingerprint density at radius 3 is 1.77 bits per heavy atom. The van der Waals surface area contributed by atoms with Crippen molar-refractivity contribution in [2.75, 3.05) is 6.54 Å². The van der Waals surface area contributed by atoms with Crippen molar-refractivity contribution < 1.29 is 3.29 Å². The largest absolute Gasteiger partial charge is 0.202 e. The summed E-state index contributed by atoms with van der Waals surface area (Å²) in [7, 11) is 0. The van der Waals surface area contributed by atoms with Gasteiger partial charge in [0.25, 0.3) is 0 Å². The molecule has 0 spiro atoms. The first kappa shape index (κ1) is 19.9. The van der Waals surface area contributed by atoms with E-state index < -0.39 is 0 Å². The summed E-state index contributed by atoms with van der Waals surface area (Å²) in [6.07, 6.45) is 13.7. The maximum atomic E-state index is 4.69. The van der Waals surface area contributed by atoms with Crippen LogP contribution in [0.4, 0.5) is 0 Å². The SMILES string of the molecule is CCCCCCCCCCCC[N+](S)(S)Cc1ccccc1. The minimum Gasteiger partial charge on any atom is -0.202 e. The summed E-state index contributed by atoms with van der Waals surface area (Å²) < 4.78 is 0.501. The monoisotopic (exact) mass is 340 g/mol. The maximum Gasteiger partial charge on any atom is 0.125 e. The van der Waals surface area contributed by atoms with Gasteiger partial charge in [-0.15, -0.1) is 0 Å². The van der Waals surface area contributed by atoms with Crippen molar-refractivity contribution >= 4 is 25.6 Å². The number of nitrogens with zero attached hydrogens (tertiary/aromatic N) is 1. The third kappa shape index (κ3) is 10.6. The van der Waals surface area contributed by atoms with Crippen LogP contribution >= 0.6 is 25.6 Å². The third-order valence-corrected chi connectivity index (χ3v) is 4.83. The molecule has 22 heavy (non-hydrogen) atoms. The molecule has 0 amide bonds. The molecule has 0 heterocycles. The van der Waals surface area contributed by atoms with Crippen LogP contribution in [0.5, 0.6) is 0 Å². The van der Waals surface area contributed by atoms with Gasteiger partial charge in [-0.05, 0) is 12.8 Å². The van der Waals surface area contributed by atoms with E-state index in [1.165, 1.54) is 69.8 Å². The van der Waals surface area contributed by atoms with E-state index in [1.54, 1.807) is 0 Å². The average molecular weight is 341 g/mol. The Morgan fingerprint density at radius 1 is 0.727 bits per heavy atom. The van der Waals surface area contributed by atoms with E-state index >= 15 is 0 Å². The third-order valence-electron chi connectivity index (χ3n) is 4.15. The zero-order chi connectivity index (χ0) is 16.1. The summed E-state index contributed by atoms with van der Waals surface area (Å²) in [6, 6.07) is 10.5. The average Bonchev–Trinajstić information content (AvgIpc) is 2.49.